The first-order chi connectivity index (χ1) is 18.1. The summed E-state index contributed by atoms with van der Waals surface area (Å²) in [6, 6.07) is 10.9. The Morgan fingerprint density at radius 3 is 2.63 bits per heavy atom. The predicted molar refractivity (Wildman–Crippen MR) is 129 cm³/mol. The first-order valence-electron chi connectivity index (χ1n) is 10.9. The van der Waals surface area contributed by atoms with E-state index < -0.39 is 35.6 Å². The fraction of sp³-hybridized carbons (Fsp3) is 0.115. The van der Waals surface area contributed by atoms with Gasteiger partial charge in [0, 0.05) is 40.6 Å². The van der Waals surface area contributed by atoms with E-state index >= 15 is 0 Å². The Kier molecular flexibility index (Phi) is 6.23. The molecule has 0 spiro atoms. The molecule has 1 amide bonds. The molecule has 12 heteroatoms. The maximum atomic E-state index is 13.7. The van der Waals surface area contributed by atoms with Crippen molar-refractivity contribution < 1.29 is 41.8 Å². The fourth-order valence-corrected chi connectivity index (χ4v) is 4.49. The number of pyridine rings is 1. The molecule has 0 saturated heterocycles. The molecule has 3 heterocycles. The number of ether oxygens (including phenoxy) is 2. The molecule has 1 atom stereocenters. The third-order valence-electron chi connectivity index (χ3n) is 5.77. The number of methoxy groups -OCH3 is 1. The maximum absolute atomic E-state index is 13.7. The number of rotatable bonds is 6. The van der Waals surface area contributed by atoms with Gasteiger partial charge >= 0.3 is 6.36 Å². The molecule has 1 aliphatic heterocycles. The molecule has 38 heavy (non-hydrogen) atoms. The number of amides is 1. The second-order valence-electron chi connectivity index (χ2n) is 8.14. The van der Waals surface area contributed by atoms with Gasteiger partial charge in [-0.1, -0.05) is 23.7 Å². The quantitative estimate of drug-likeness (QED) is 0.290. The Bertz CT molecular complexity index is 1600. The van der Waals surface area contributed by atoms with Gasteiger partial charge in [0.15, 0.2) is 22.9 Å². The summed E-state index contributed by atoms with van der Waals surface area (Å²) in [6.45, 7) is 0. The lowest BCUT2D eigenvalue weighted by molar-refractivity contribution is -0.274. The number of hydrogen-bond acceptors (Lipinski definition) is 7. The van der Waals surface area contributed by atoms with Crippen molar-refractivity contribution in [2.24, 2.45) is 0 Å². The van der Waals surface area contributed by atoms with Crippen LogP contribution in [0.2, 0.25) is 5.02 Å². The lowest BCUT2D eigenvalue weighted by atomic mass is 9.96. The Labute approximate surface area is 217 Å². The molecule has 2 aromatic carbocycles. The van der Waals surface area contributed by atoms with E-state index in [1.54, 1.807) is 18.2 Å². The molecule has 2 aromatic heterocycles. The second-order valence-corrected chi connectivity index (χ2v) is 8.57. The highest BCUT2D eigenvalue weighted by Gasteiger charge is 2.46. The van der Waals surface area contributed by atoms with Crippen LogP contribution in [-0.2, 0) is 4.79 Å². The van der Waals surface area contributed by atoms with Crippen LogP contribution in [0.5, 0.6) is 11.5 Å². The molecular formula is C26H16ClF3N2O6. The molecule has 8 nitrogen and oxygen atoms in total. The van der Waals surface area contributed by atoms with Crippen LogP contribution in [0.3, 0.4) is 0 Å². The number of carbonyl (C=O) groups excluding carboxylic acids is 2. The van der Waals surface area contributed by atoms with Gasteiger partial charge < -0.3 is 19.0 Å². The van der Waals surface area contributed by atoms with Crippen molar-refractivity contribution in [3.05, 3.63) is 94.7 Å². The lowest BCUT2D eigenvalue weighted by Crippen LogP contribution is -2.31. The Hall–Kier alpha value is -4.51. The average Bonchev–Trinajstić information content (AvgIpc) is 3.41. The molecule has 1 unspecified atom stereocenters. The molecule has 0 bridgehead atoms. The number of furan rings is 1. The van der Waals surface area contributed by atoms with Crippen molar-refractivity contribution in [1.29, 1.82) is 0 Å². The largest absolute Gasteiger partial charge is 0.573 e. The van der Waals surface area contributed by atoms with Crippen LogP contribution < -0.4 is 14.4 Å². The zero-order chi connectivity index (χ0) is 27.2. The third kappa shape index (κ3) is 4.52. The number of aliphatic hydroxyl groups excluding tert-OH is 1. The number of nitrogens with zero attached hydrogens (tertiary/aromatic N) is 2. The van der Waals surface area contributed by atoms with Crippen molar-refractivity contribution in [3.63, 3.8) is 0 Å². The SMILES string of the molecule is COc1cc(Cl)cc2cc(C(=O)C3=C(O)C(=O)N(c4cccc(OC(F)(F)F)c4)C3c3cccnc3)oc12. The van der Waals surface area contributed by atoms with Crippen LogP contribution in [0.15, 0.2) is 82.7 Å². The summed E-state index contributed by atoms with van der Waals surface area (Å²) >= 11 is 6.11. The van der Waals surface area contributed by atoms with Crippen molar-refractivity contribution in [2.45, 2.75) is 12.4 Å². The molecule has 4 aromatic rings. The van der Waals surface area contributed by atoms with Crippen LogP contribution >= 0.6 is 11.6 Å². The first-order valence-corrected chi connectivity index (χ1v) is 11.3. The van der Waals surface area contributed by atoms with Gasteiger partial charge in [0.25, 0.3) is 5.91 Å². The number of aromatic nitrogens is 1. The zero-order valence-electron chi connectivity index (χ0n) is 19.3. The molecule has 0 radical (unpaired) electrons. The summed E-state index contributed by atoms with van der Waals surface area (Å²) in [6.07, 6.45) is -2.14. The van der Waals surface area contributed by atoms with Crippen LogP contribution in [0.25, 0.3) is 11.0 Å². The summed E-state index contributed by atoms with van der Waals surface area (Å²) in [5.74, 6) is -3.28. The summed E-state index contributed by atoms with van der Waals surface area (Å²) in [7, 11) is 1.39. The van der Waals surface area contributed by atoms with Crippen molar-refractivity contribution in [1.82, 2.24) is 4.98 Å². The molecule has 1 N–H and O–H groups in total. The van der Waals surface area contributed by atoms with Crippen molar-refractivity contribution in [2.75, 3.05) is 12.0 Å². The van der Waals surface area contributed by atoms with Gasteiger partial charge in [0.2, 0.25) is 5.78 Å². The van der Waals surface area contributed by atoms with Gasteiger partial charge in [-0.05, 0) is 35.9 Å². The number of carbonyl (C=O) groups is 2. The van der Waals surface area contributed by atoms with E-state index in [1.165, 1.54) is 43.8 Å². The molecule has 1 aliphatic rings. The minimum Gasteiger partial charge on any atom is -0.503 e. The fourth-order valence-electron chi connectivity index (χ4n) is 4.27. The van der Waals surface area contributed by atoms with Gasteiger partial charge in [-0.25, -0.2) is 0 Å². The van der Waals surface area contributed by atoms with Crippen LogP contribution in [-0.4, -0.2) is 35.3 Å². The number of benzene rings is 2. The molecule has 0 aliphatic carbocycles. The Morgan fingerprint density at radius 1 is 1.16 bits per heavy atom. The zero-order valence-corrected chi connectivity index (χ0v) is 20.1. The molecule has 0 saturated carbocycles. The van der Waals surface area contributed by atoms with Gasteiger partial charge in [0.1, 0.15) is 5.75 Å². The highest BCUT2D eigenvalue weighted by atomic mass is 35.5. The smallest absolute Gasteiger partial charge is 0.503 e. The van der Waals surface area contributed by atoms with E-state index in [-0.39, 0.29) is 28.4 Å². The number of aliphatic hydroxyl groups is 1. The highest BCUT2D eigenvalue weighted by Crippen LogP contribution is 2.43. The lowest BCUT2D eigenvalue weighted by Gasteiger charge is -2.26. The number of alkyl halides is 3. The van der Waals surface area contributed by atoms with Gasteiger partial charge in [-0.15, -0.1) is 13.2 Å². The number of hydrogen-bond donors (Lipinski definition) is 1. The molecule has 5 rings (SSSR count). The van der Waals surface area contributed by atoms with Gasteiger partial charge in [0.05, 0.1) is 18.7 Å². The summed E-state index contributed by atoms with van der Waals surface area (Å²) in [5.41, 5.74) is 0.121. The Balaban J connectivity index is 1.63. The van der Waals surface area contributed by atoms with E-state index in [1.807, 2.05) is 0 Å². The number of anilines is 1. The number of halogens is 4. The van der Waals surface area contributed by atoms with Crippen molar-refractivity contribution in [3.8, 4) is 11.5 Å². The summed E-state index contributed by atoms with van der Waals surface area (Å²) in [5, 5.41) is 11.6. The second kappa shape index (κ2) is 9.42. The first kappa shape index (κ1) is 25.2. The molecule has 0 fully saturated rings. The highest BCUT2D eigenvalue weighted by molar-refractivity contribution is 6.31. The molecular weight excluding hydrogens is 529 g/mol. The summed E-state index contributed by atoms with van der Waals surface area (Å²) in [4.78, 5) is 32.0. The third-order valence-corrected chi connectivity index (χ3v) is 5.99. The maximum Gasteiger partial charge on any atom is 0.573 e. The standard InChI is InChI=1S/C26H16ClF3N2O6/c1-36-19-10-15(27)8-14-9-18(37-24(14)19)22(33)20-21(13-4-3-7-31-12-13)32(25(35)23(20)34)16-5-2-6-17(11-16)38-26(28,29)30/h2-12,21,34H,1H3. The Morgan fingerprint density at radius 2 is 1.95 bits per heavy atom. The van der Waals surface area contributed by atoms with Gasteiger partial charge in [-0.2, -0.15) is 0 Å². The normalized spacial score (nSPS) is 15.9. The monoisotopic (exact) mass is 544 g/mol. The minimum absolute atomic E-state index is 0.0574. The van der Waals surface area contributed by atoms with Crippen LogP contribution in [0.1, 0.15) is 22.2 Å². The average molecular weight is 545 g/mol. The van der Waals surface area contributed by atoms with E-state index in [4.69, 9.17) is 20.8 Å². The number of ketones is 1. The van der Waals surface area contributed by atoms with Gasteiger partial charge in [-0.3, -0.25) is 19.5 Å². The van der Waals surface area contributed by atoms with E-state index in [0.29, 0.717) is 16.0 Å². The van der Waals surface area contributed by atoms with E-state index in [2.05, 4.69) is 9.72 Å². The van der Waals surface area contributed by atoms with Crippen molar-refractivity contribution >= 4 is 39.9 Å². The van der Waals surface area contributed by atoms with Crippen LogP contribution in [0.4, 0.5) is 18.9 Å². The minimum atomic E-state index is -4.97. The molecule has 194 valence electrons. The summed E-state index contributed by atoms with van der Waals surface area (Å²) < 4.78 is 53.4. The number of Topliss-reactive ketones (excluding diaryl/α,β-unsaturated/α-hetero) is 1. The predicted octanol–water partition coefficient (Wildman–Crippen LogP) is 6.17. The topological polar surface area (TPSA) is 102 Å². The van der Waals surface area contributed by atoms with E-state index in [9.17, 15) is 27.9 Å². The number of fused-ring (bicyclic) bond motifs is 1. The van der Waals surface area contributed by atoms with Crippen LogP contribution in [0, 0.1) is 0 Å². The van der Waals surface area contributed by atoms with E-state index in [0.717, 1.165) is 17.0 Å².